The Bertz CT molecular complexity index is 358. The van der Waals surface area contributed by atoms with E-state index in [0.717, 1.165) is 12.2 Å². The molecule has 80 valence electrons. The van der Waals surface area contributed by atoms with Gasteiger partial charge in [0.25, 0.3) is 0 Å². The monoisotopic (exact) mass is 210 g/mol. The van der Waals surface area contributed by atoms with Crippen LogP contribution in [-0.4, -0.2) is 41.4 Å². The number of carbonyl (C=O) groups excluding carboxylic acids is 2. The number of hydrogen-bond acceptors (Lipinski definition) is 5. The van der Waals surface area contributed by atoms with Crippen LogP contribution in [0.25, 0.3) is 0 Å². The molecule has 0 aliphatic heterocycles. The van der Waals surface area contributed by atoms with E-state index in [4.69, 9.17) is 14.8 Å². The van der Waals surface area contributed by atoms with Gasteiger partial charge in [-0.15, -0.1) is 0 Å². The van der Waals surface area contributed by atoms with Crippen LogP contribution in [0.5, 0.6) is 0 Å². The van der Waals surface area contributed by atoms with Gasteiger partial charge >= 0.3 is 7.12 Å². The van der Waals surface area contributed by atoms with Crippen molar-refractivity contribution in [2.45, 2.75) is 12.5 Å². The maximum Gasteiger partial charge on any atom is 0.488 e. The Labute approximate surface area is 87.2 Å². The lowest BCUT2D eigenvalue weighted by Crippen LogP contribution is -2.47. The molecular weight excluding hydrogens is 199 g/mol. The minimum absolute atomic E-state index is 0.0617. The SMILES string of the molecule is COC1(C(C)=O)C=C(B(O)O)C=CC1=O. The third kappa shape index (κ3) is 1.92. The number of Topliss-reactive ketones (excluding diaryl/α,β-unsaturated/α-hetero) is 1. The van der Waals surface area contributed by atoms with Crippen LogP contribution >= 0.6 is 0 Å². The normalized spacial score (nSPS) is 25.1. The lowest BCUT2D eigenvalue weighted by atomic mass is 9.72. The zero-order valence-corrected chi connectivity index (χ0v) is 8.43. The molecule has 0 bridgehead atoms. The van der Waals surface area contributed by atoms with Gasteiger partial charge in [-0.2, -0.15) is 0 Å². The highest BCUT2D eigenvalue weighted by molar-refractivity contribution is 6.52. The molecule has 0 aromatic heterocycles. The summed E-state index contributed by atoms with van der Waals surface area (Å²) in [5.41, 5.74) is -1.65. The smallest absolute Gasteiger partial charge is 0.423 e. The van der Waals surface area contributed by atoms with E-state index in [9.17, 15) is 9.59 Å². The largest absolute Gasteiger partial charge is 0.488 e. The number of ether oxygens (including phenoxy) is 1. The summed E-state index contributed by atoms with van der Waals surface area (Å²) in [6, 6.07) is 0. The third-order valence-corrected chi connectivity index (χ3v) is 2.31. The lowest BCUT2D eigenvalue weighted by molar-refractivity contribution is -0.144. The number of rotatable bonds is 3. The molecule has 6 heteroatoms. The third-order valence-electron chi connectivity index (χ3n) is 2.31. The number of carbonyl (C=O) groups is 2. The minimum Gasteiger partial charge on any atom is -0.423 e. The van der Waals surface area contributed by atoms with Crippen LogP contribution in [0.1, 0.15) is 6.92 Å². The Hall–Kier alpha value is -1.24. The topological polar surface area (TPSA) is 83.8 Å². The predicted molar refractivity (Wildman–Crippen MR) is 52.8 cm³/mol. The van der Waals surface area contributed by atoms with Gasteiger partial charge in [0, 0.05) is 7.11 Å². The van der Waals surface area contributed by atoms with E-state index in [2.05, 4.69) is 0 Å². The van der Waals surface area contributed by atoms with Crippen LogP contribution in [0.15, 0.2) is 23.7 Å². The highest BCUT2D eigenvalue weighted by Gasteiger charge is 2.42. The van der Waals surface area contributed by atoms with E-state index in [0.29, 0.717) is 0 Å². The van der Waals surface area contributed by atoms with Crippen LogP contribution in [-0.2, 0) is 14.3 Å². The molecule has 0 radical (unpaired) electrons. The number of hydrogen-bond donors (Lipinski definition) is 2. The van der Waals surface area contributed by atoms with Gasteiger partial charge in [0.05, 0.1) is 0 Å². The molecule has 1 rings (SSSR count). The van der Waals surface area contributed by atoms with Crippen molar-refractivity contribution in [3.05, 3.63) is 23.7 Å². The summed E-state index contributed by atoms with van der Waals surface area (Å²) in [4.78, 5) is 22.9. The standard InChI is InChI=1S/C9H11BO5/c1-6(11)9(15-2)5-7(10(13)14)3-4-8(9)12/h3-5,13-14H,1-2H3. The molecule has 1 atom stereocenters. The Morgan fingerprint density at radius 2 is 2.07 bits per heavy atom. The maximum atomic E-state index is 11.5. The summed E-state index contributed by atoms with van der Waals surface area (Å²) in [5.74, 6) is -1.03. The molecule has 15 heavy (non-hydrogen) atoms. The van der Waals surface area contributed by atoms with Crippen molar-refractivity contribution in [2.24, 2.45) is 0 Å². The van der Waals surface area contributed by atoms with Gasteiger partial charge in [0.2, 0.25) is 5.60 Å². The molecule has 0 heterocycles. The molecule has 0 saturated carbocycles. The Balaban J connectivity index is 3.22. The first-order valence-corrected chi connectivity index (χ1v) is 4.31. The molecule has 0 fully saturated rings. The van der Waals surface area contributed by atoms with Crippen molar-refractivity contribution in [1.82, 2.24) is 0 Å². The second kappa shape index (κ2) is 4.10. The van der Waals surface area contributed by atoms with Crippen LogP contribution in [0.4, 0.5) is 0 Å². The Morgan fingerprint density at radius 3 is 2.47 bits per heavy atom. The summed E-state index contributed by atoms with van der Waals surface area (Å²) < 4.78 is 4.88. The van der Waals surface area contributed by atoms with Gasteiger partial charge in [0.15, 0.2) is 11.6 Å². The summed E-state index contributed by atoms with van der Waals surface area (Å²) in [5, 5.41) is 17.9. The minimum atomic E-state index is -1.73. The number of ketones is 2. The second-order valence-corrected chi connectivity index (χ2v) is 3.21. The van der Waals surface area contributed by atoms with Gasteiger partial charge in [-0.3, -0.25) is 9.59 Å². The molecule has 0 spiro atoms. The zero-order chi connectivity index (χ0) is 11.6. The van der Waals surface area contributed by atoms with Crippen molar-refractivity contribution < 1.29 is 24.4 Å². The van der Waals surface area contributed by atoms with Gasteiger partial charge in [-0.05, 0) is 24.5 Å². The van der Waals surface area contributed by atoms with Crippen molar-refractivity contribution in [3.63, 3.8) is 0 Å². The van der Waals surface area contributed by atoms with E-state index in [1.165, 1.54) is 20.1 Å². The molecule has 1 unspecified atom stereocenters. The van der Waals surface area contributed by atoms with Crippen molar-refractivity contribution >= 4 is 18.7 Å². The fourth-order valence-electron chi connectivity index (χ4n) is 1.39. The number of allylic oxidation sites excluding steroid dienone is 2. The Morgan fingerprint density at radius 1 is 1.47 bits per heavy atom. The first-order valence-electron chi connectivity index (χ1n) is 4.31. The quantitative estimate of drug-likeness (QED) is 0.462. The van der Waals surface area contributed by atoms with E-state index < -0.39 is 24.3 Å². The molecule has 5 nitrogen and oxygen atoms in total. The van der Waals surface area contributed by atoms with E-state index in [-0.39, 0.29) is 5.47 Å². The summed E-state index contributed by atoms with van der Waals surface area (Å²) in [7, 11) is -0.515. The highest BCUT2D eigenvalue weighted by atomic mass is 16.5. The highest BCUT2D eigenvalue weighted by Crippen LogP contribution is 2.23. The number of methoxy groups -OCH3 is 1. The second-order valence-electron chi connectivity index (χ2n) is 3.21. The van der Waals surface area contributed by atoms with Crippen LogP contribution in [0.3, 0.4) is 0 Å². The van der Waals surface area contributed by atoms with Crippen molar-refractivity contribution in [2.75, 3.05) is 7.11 Å². The maximum absolute atomic E-state index is 11.5. The van der Waals surface area contributed by atoms with E-state index in [1.807, 2.05) is 0 Å². The molecule has 0 amide bonds. The molecule has 0 aromatic rings. The van der Waals surface area contributed by atoms with Gasteiger partial charge in [-0.25, -0.2) is 0 Å². The summed E-state index contributed by atoms with van der Waals surface area (Å²) >= 11 is 0. The summed E-state index contributed by atoms with van der Waals surface area (Å²) in [6.07, 6.45) is 3.47. The van der Waals surface area contributed by atoms with Crippen LogP contribution < -0.4 is 0 Å². The first-order chi connectivity index (χ1) is 6.94. The Kier molecular flexibility index (Phi) is 3.23. The molecule has 2 N–H and O–H groups in total. The van der Waals surface area contributed by atoms with Gasteiger partial charge < -0.3 is 14.8 Å². The fourth-order valence-corrected chi connectivity index (χ4v) is 1.39. The average molecular weight is 210 g/mol. The van der Waals surface area contributed by atoms with Crippen LogP contribution in [0, 0.1) is 0 Å². The molecular formula is C9H11BO5. The van der Waals surface area contributed by atoms with Crippen LogP contribution in [0.2, 0.25) is 0 Å². The zero-order valence-electron chi connectivity index (χ0n) is 8.43. The molecule has 0 saturated heterocycles. The molecule has 0 aromatic carbocycles. The van der Waals surface area contributed by atoms with Crippen molar-refractivity contribution in [1.29, 1.82) is 0 Å². The first kappa shape index (κ1) is 11.8. The van der Waals surface area contributed by atoms with Gasteiger partial charge in [-0.1, -0.05) is 6.08 Å². The van der Waals surface area contributed by atoms with E-state index >= 15 is 0 Å². The predicted octanol–water partition coefficient (Wildman–Crippen LogP) is -0.962. The van der Waals surface area contributed by atoms with Gasteiger partial charge in [0.1, 0.15) is 0 Å². The summed E-state index contributed by atoms with van der Waals surface area (Å²) in [6.45, 7) is 1.21. The molecule has 1 aliphatic carbocycles. The fraction of sp³-hybridized carbons (Fsp3) is 0.333. The van der Waals surface area contributed by atoms with Crippen molar-refractivity contribution in [3.8, 4) is 0 Å². The molecule has 1 aliphatic rings. The lowest BCUT2D eigenvalue weighted by Gasteiger charge is -2.26. The van der Waals surface area contributed by atoms with E-state index in [1.54, 1.807) is 0 Å². The average Bonchev–Trinajstić information content (AvgIpc) is 2.18.